The summed E-state index contributed by atoms with van der Waals surface area (Å²) < 4.78 is 0. The SMILES string of the molecule is CC(C)C[C@H](NC(=O)[C@@H](NC(=O)[C@H](Cc1ccc(O)cc1)NC(=O)[C@@H]1CCCN1C(=O)[C@H](CCCN=C(N)N)NC(=O)[C@@H](C)CCCCCN(C)C)C(C)(C)C)C(=O)O. The van der Waals surface area contributed by atoms with Crippen molar-refractivity contribution in [3.63, 3.8) is 0 Å². The summed E-state index contributed by atoms with van der Waals surface area (Å²) in [5.74, 6) is -4.33. The molecule has 0 aliphatic carbocycles. The Kier molecular flexibility index (Phi) is 20.6. The summed E-state index contributed by atoms with van der Waals surface area (Å²) in [6.45, 7) is 12.1. The van der Waals surface area contributed by atoms with Gasteiger partial charge in [-0.2, -0.15) is 0 Å². The van der Waals surface area contributed by atoms with E-state index in [1.807, 2.05) is 34.9 Å². The van der Waals surface area contributed by atoms with Crippen LogP contribution in [-0.2, 0) is 35.2 Å². The minimum absolute atomic E-state index is 0.00656. The fraction of sp³-hybridized carbons (Fsp3) is 0.690. The molecule has 0 bridgehead atoms. The Morgan fingerprint density at radius 1 is 0.847 bits per heavy atom. The zero-order chi connectivity index (χ0) is 44.4. The van der Waals surface area contributed by atoms with E-state index in [1.165, 1.54) is 17.0 Å². The Hall–Kier alpha value is -4.93. The second kappa shape index (κ2) is 24.2. The minimum atomic E-state index is -1.23. The van der Waals surface area contributed by atoms with Gasteiger partial charge in [0.25, 0.3) is 0 Å². The summed E-state index contributed by atoms with van der Waals surface area (Å²) >= 11 is 0. The van der Waals surface area contributed by atoms with Crippen molar-refractivity contribution in [1.29, 1.82) is 0 Å². The number of phenolic OH excluding ortho intramolecular Hbond substituents is 1. The van der Waals surface area contributed by atoms with Crippen molar-refractivity contribution in [3.8, 4) is 5.75 Å². The third-order valence-electron chi connectivity index (χ3n) is 10.3. The lowest BCUT2D eigenvalue weighted by atomic mass is 9.85. The van der Waals surface area contributed by atoms with Crippen molar-refractivity contribution in [1.82, 2.24) is 31.1 Å². The van der Waals surface area contributed by atoms with E-state index in [1.54, 1.807) is 32.9 Å². The molecule has 6 atom stereocenters. The topological polar surface area (TPSA) is 262 Å². The van der Waals surface area contributed by atoms with Gasteiger partial charge in [-0.3, -0.25) is 29.0 Å². The van der Waals surface area contributed by atoms with Crippen LogP contribution in [0.2, 0.25) is 0 Å². The van der Waals surface area contributed by atoms with Gasteiger partial charge >= 0.3 is 5.97 Å². The number of carboxylic acid groups (broad SMARTS) is 1. The second-order valence-electron chi connectivity index (χ2n) is 17.5. The van der Waals surface area contributed by atoms with E-state index < -0.39 is 65.2 Å². The van der Waals surface area contributed by atoms with Crippen molar-refractivity contribution >= 4 is 41.5 Å². The van der Waals surface area contributed by atoms with Gasteiger partial charge in [0.15, 0.2) is 5.96 Å². The fourth-order valence-electron chi connectivity index (χ4n) is 6.98. The van der Waals surface area contributed by atoms with Crippen LogP contribution in [0.1, 0.15) is 105 Å². The summed E-state index contributed by atoms with van der Waals surface area (Å²) in [7, 11) is 4.03. The van der Waals surface area contributed by atoms with E-state index >= 15 is 0 Å². The molecule has 17 nitrogen and oxygen atoms in total. The Morgan fingerprint density at radius 2 is 1.49 bits per heavy atom. The molecule has 1 aliphatic heterocycles. The number of likely N-dealkylation sites (tertiary alicyclic amines) is 1. The molecule has 1 fully saturated rings. The van der Waals surface area contributed by atoms with Crippen LogP contribution in [0, 0.1) is 17.3 Å². The predicted molar refractivity (Wildman–Crippen MR) is 227 cm³/mol. The molecule has 332 valence electrons. The molecule has 0 saturated carbocycles. The molecule has 0 radical (unpaired) electrons. The molecule has 1 aromatic rings. The van der Waals surface area contributed by atoms with Crippen molar-refractivity contribution < 1.29 is 39.0 Å². The van der Waals surface area contributed by atoms with Gasteiger partial charge in [-0.05, 0) is 94.6 Å². The minimum Gasteiger partial charge on any atom is -0.508 e. The van der Waals surface area contributed by atoms with Crippen molar-refractivity contribution in [2.24, 2.45) is 33.7 Å². The highest BCUT2D eigenvalue weighted by Crippen LogP contribution is 2.23. The molecule has 5 amide bonds. The van der Waals surface area contributed by atoms with Crippen LogP contribution in [0.5, 0.6) is 5.75 Å². The first-order valence-electron chi connectivity index (χ1n) is 20.8. The number of nitrogens with zero attached hydrogens (tertiary/aromatic N) is 3. The molecule has 0 aromatic heterocycles. The lowest BCUT2D eigenvalue weighted by molar-refractivity contribution is -0.144. The zero-order valence-corrected chi connectivity index (χ0v) is 36.4. The monoisotopic (exact) mass is 830 g/mol. The number of aliphatic imine (C=N–C) groups is 1. The maximum Gasteiger partial charge on any atom is 0.326 e. The maximum atomic E-state index is 14.2. The maximum absolute atomic E-state index is 14.2. The van der Waals surface area contributed by atoms with E-state index in [4.69, 9.17) is 11.5 Å². The molecule has 17 heteroatoms. The number of hydrogen-bond acceptors (Lipinski definition) is 9. The van der Waals surface area contributed by atoms with Crippen LogP contribution >= 0.6 is 0 Å². The number of rotatable bonds is 24. The average Bonchev–Trinajstić information content (AvgIpc) is 3.64. The largest absolute Gasteiger partial charge is 0.508 e. The predicted octanol–water partition coefficient (Wildman–Crippen LogP) is 1.85. The normalized spacial score (nSPS) is 16.7. The summed E-state index contributed by atoms with van der Waals surface area (Å²) in [6.07, 6.45) is 5.08. The quantitative estimate of drug-likeness (QED) is 0.0424. The standard InChI is InChI=1S/C42H71N9O8/c1-26(2)24-32(40(58)59)48-38(56)34(42(4,5)6)49-36(54)31(25-28-17-19-29(52)20-18-28)47-37(55)33-16-13-23-51(33)39(57)30(15-12-21-45-41(43)44)46-35(53)27(3)14-10-9-11-22-50(7)8/h17-20,26-27,30-34,52H,9-16,21-25H2,1-8H3,(H,46,53)(H,47,55)(H,48,56)(H,49,54)(H,58,59)(H4,43,44,45)/t27-,30-,31-,32-,33-,34+/m0/s1. The first-order valence-corrected chi connectivity index (χ1v) is 20.8. The molecule has 1 heterocycles. The Labute approximate surface area is 349 Å². The summed E-state index contributed by atoms with van der Waals surface area (Å²) in [5, 5.41) is 30.7. The molecule has 0 unspecified atom stereocenters. The van der Waals surface area contributed by atoms with E-state index in [9.17, 15) is 39.0 Å². The molecule has 1 saturated heterocycles. The Morgan fingerprint density at radius 3 is 2.07 bits per heavy atom. The van der Waals surface area contributed by atoms with Crippen LogP contribution in [0.25, 0.3) is 0 Å². The van der Waals surface area contributed by atoms with Gasteiger partial charge in [-0.15, -0.1) is 0 Å². The van der Waals surface area contributed by atoms with Crippen LogP contribution < -0.4 is 32.7 Å². The van der Waals surface area contributed by atoms with Gasteiger partial charge in [0.2, 0.25) is 29.5 Å². The van der Waals surface area contributed by atoms with Crippen LogP contribution in [-0.4, -0.2) is 125 Å². The number of phenols is 1. The number of carboxylic acids is 1. The van der Waals surface area contributed by atoms with E-state index in [2.05, 4.69) is 31.2 Å². The average molecular weight is 830 g/mol. The highest BCUT2D eigenvalue weighted by Gasteiger charge is 2.41. The first-order chi connectivity index (χ1) is 27.6. The van der Waals surface area contributed by atoms with Crippen LogP contribution in [0.3, 0.4) is 0 Å². The van der Waals surface area contributed by atoms with Crippen LogP contribution in [0.4, 0.5) is 0 Å². The number of carbonyl (C=O) groups excluding carboxylic acids is 5. The van der Waals surface area contributed by atoms with Crippen molar-refractivity contribution in [2.45, 2.75) is 136 Å². The second-order valence-corrected chi connectivity index (χ2v) is 17.5. The van der Waals surface area contributed by atoms with Gasteiger partial charge in [0.1, 0.15) is 36.0 Å². The number of amides is 5. The van der Waals surface area contributed by atoms with Gasteiger partial charge < -0.3 is 52.7 Å². The Balaban J connectivity index is 2.34. The lowest BCUT2D eigenvalue weighted by Gasteiger charge is -2.33. The molecular formula is C42H71N9O8. The highest BCUT2D eigenvalue weighted by molar-refractivity contribution is 5.96. The summed E-state index contributed by atoms with van der Waals surface area (Å²) in [6, 6.07) is 0.594. The molecule has 2 rings (SSSR count). The number of benzene rings is 1. The molecule has 1 aromatic carbocycles. The molecule has 10 N–H and O–H groups in total. The van der Waals surface area contributed by atoms with Crippen LogP contribution in [0.15, 0.2) is 29.3 Å². The molecule has 0 spiro atoms. The summed E-state index contributed by atoms with van der Waals surface area (Å²) in [4.78, 5) is 89.1. The zero-order valence-electron chi connectivity index (χ0n) is 36.4. The van der Waals surface area contributed by atoms with E-state index in [0.717, 1.165) is 25.8 Å². The number of aliphatic carboxylic acids is 1. The number of guanidine groups is 1. The van der Waals surface area contributed by atoms with Gasteiger partial charge in [-0.25, -0.2) is 4.79 Å². The fourth-order valence-corrected chi connectivity index (χ4v) is 6.98. The smallest absolute Gasteiger partial charge is 0.326 e. The number of carbonyl (C=O) groups is 6. The number of aromatic hydroxyl groups is 1. The van der Waals surface area contributed by atoms with Gasteiger partial charge in [0.05, 0.1) is 0 Å². The third kappa shape index (κ3) is 17.8. The lowest BCUT2D eigenvalue weighted by Crippen LogP contribution is -2.61. The summed E-state index contributed by atoms with van der Waals surface area (Å²) in [5.41, 5.74) is 10.7. The first kappa shape index (κ1) is 50.2. The molecular weight excluding hydrogens is 759 g/mol. The van der Waals surface area contributed by atoms with E-state index in [-0.39, 0.29) is 61.8 Å². The molecule has 59 heavy (non-hydrogen) atoms. The molecule has 1 aliphatic rings. The number of unbranched alkanes of at least 4 members (excludes halogenated alkanes) is 2. The highest BCUT2D eigenvalue weighted by atomic mass is 16.4. The third-order valence-corrected chi connectivity index (χ3v) is 10.3. The number of hydrogen-bond donors (Lipinski definition) is 8. The Bertz CT molecular complexity index is 1570. The van der Waals surface area contributed by atoms with E-state index in [0.29, 0.717) is 31.2 Å². The van der Waals surface area contributed by atoms with Crippen molar-refractivity contribution in [2.75, 3.05) is 33.7 Å². The van der Waals surface area contributed by atoms with Crippen molar-refractivity contribution in [3.05, 3.63) is 29.8 Å². The van der Waals surface area contributed by atoms with Gasteiger partial charge in [-0.1, -0.05) is 66.5 Å². The van der Waals surface area contributed by atoms with Gasteiger partial charge in [0, 0.05) is 25.4 Å². The number of nitrogens with one attached hydrogen (secondary N) is 4. The number of nitrogens with two attached hydrogens (primary N) is 2.